The molecule has 0 fully saturated rings. The number of aryl methyl sites for hydroxylation is 1. The maximum absolute atomic E-state index is 5.84. The van der Waals surface area contributed by atoms with Crippen LogP contribution in [0.1, 0.15) is 5.56 Å². The Morgan fingerprint density at radius 3 is 2.35 bits per heavy atom. The molecule has 0 saturated carbocycles. The lowest BCUT2D eigenvalue weighted by Crippen LogP contribution is -1.87. The Morgan fingerprint density at radius 1 is 0.950 bits per heavy atom. The first kappa shape index (κ1) is 13.0. The van der Waals surface area contributed by atoms with Crippen molar-refractivity contribution in [3.05, 3.63) is 70.9 Å². The van der Waals surface area contributed by atoms with E-state index in [4.69, 9.17) is 9.15 Å². The van der Waals surface area contributed by atoms with E-state index in [1.165, 1.54) is 0 Å². The van der Waals surface area contributed by atoms with Crippen LogP contribution in [0, 0.1) is 6.92 Å². The molecule has 3 heteroatoms. The Hall–Kier alpha value is -2.00. The molecule has 0 aliphatic carbocycles. The van der Waals surface area contributed by atoms with E-state index in [0.717, 1.165) is 32.9 Å². The molecule has 20 heavy (non-hydrogen) atoms. The van der Waals surface area contributed by atoms with Crippen molar-refractivity contribution in [3.8, 4) is 22.8 Å². The highest BCUT2D eigenvalue weighted by Gasteiger charge is 2.06. The molecule has 0 aliphatic rings. The summed E-state index contributed by atoms with van der Waals surface area (Å²) in [6, 6.07) is 17.6. The predicted octanol–water partition coefficient (Wildman–Crippen LogP) is 5.81. The maximum atomic E-state index is 5.84. The topological polar surface area (TPSA) is 22.4 Å². The summed E-state index contributed by atoms with van der Waals surface area (Å²) in [6.45, 7) is 2.05. The van der Waals surface area contributed by atoms with E-state index in [1.54, 1.807) is 6.26 Å². The van der Waals surface area contributed by atoms with Crippen LogP contribution in [0.3, 0.4) is 0 Å². The SMILES string of the molecule is Cc1cc(Oc2ccc(Br)cc2)ccc1-c1ccco1. The molecular formula is C17H13BrO2. The molecule has 0 aliphatic heterocycles. The largest absolute Gasteiger partial charge is 0.464 e. The molecular weight excluding hydrogens is 316 g/mol. The van der Waals surface area contributed by atoms with Crippen LogP contribution in [0.25, 0.3) is 11.3 Å². The van der Waals surface area contributed by atoms with Crippen molar-refractivity contribution in [3.63, 3.8) is 0 Å². The normalized spacial score (nSPS) is 10.5. The van der Waals surface area contributed by atoms with Gasteiger partial charge in [-0.05, 0) is 67.1 Å². The first-order chi connectivity index (χ1) is 9.72. The molecule has 3 aromatic rings. The van der Waals surface area contributed by atoms with Gasteiger partial charge in [0.15, 0.2) is 0 Å². The standard InChI is InChI=1S/C17H13BrO2/c1-12-11-15(20-14-6-4-13(18)5-7-14)8-9-16(12)17-3-2-10-19-17/h2-11H,1H3. The van der Waals surface area contributed by atoms with Crippen LogP contribution in [-0.2, 0) is 0 Å². The van der Waals surface area contributed by atoms with E-state index >= 15 is 0 Å². The molecule has 0 amide bonds. The third-order valence-corrected chi connectivity index (χ3v) is 3.56. The first-order valence-electron chi connectivity index (χ1n) is 6.30. The van der Waals surface area contributed by atoms with Gasteiger partial charge in [0.25, 0.3) is 0 Å². The van der Waals surface area contributed by atoms with Gasteiger partial charge in [0.05, 0.1) is 6.26 Å². The lowest BCUT2D eigenvalue weighted by Gasteiger charge is -2.09. The number of hydrogen-bond acceptors (Lipinski definition) is 2. The molecule has 2 aromatic carbocycles. The van der Waals surface area contributed by atoms with E-state index in [0.29, 0.717) is 0 Å². The average Bonchev–Trinajstić information content (AvgIpc) is 2.95. The second-order valence-corrected chi connectivity index (χ2v) is 5.43. The van der Waals surface area contributed by atoms with E-state index in [9.17, 15) is 0 Å². The van der Waals surface area contributed by atoms with Crippen LogP contribution in [-0.4, -0.2) is 0 Å². The van der Waals surface area contributed by atoms with Gasteiger partial charge in [-0.3, -0.25) is 0 Å². The van der Waals surface area contributed by atoms with Crippen LogP contribution in [0.15, 0.2) is 69.8 Å². The molecule has 0 unspecified atom stereocenters. The highest BCUT2D eigenvalue weighted by molar-refractivity contribution is 9.10. The Morgan fingerprint density at radius 2 is 1.70 bits per heavy atom. The van der Waals surface area contributed by atoms with Gasteiger partial charge >= 0.3 is 0 Å². The van der Waals surface area contributed by atoms with Crippen LogP contribution in [0.2, 0.25) is 0 Å². The molecule has 0 atom stereocenters. The van der Waals surface area contributed by atoms with Gasteiger partial charge in [-0.1, -0.05) is 15.9 Å². The Balaban J connectivity index is 1.85. The molecule has 0 saturated heterocycles. The summed E-state index contributed by atoms with van der Waals surface area (Å²) in [6.07, 6.45) is 1.68. The smallest absolute Gasteiger partial charge is 0.134 e. The van der Waals surface area contributed by atoms with Gasteiger partial charge in [0, 0.05) is 10.0 Å². The molecule has 0 bridgehead atoms. The Labute approximate surface area is 126 Å². The summed E-state index contributed by atoms with van der Waals surface area (Å²) in [4.78, 5) is 0. The summed E-state index contributed by atoms with van der Waals surface area (Å²) in [5, 5.41) is 0. The number of hydrogen-bond donors (Lipinski definition) is 0. The van der Waals surface area contributed by atoms with Crippen molar-refractivity contribution in [2.45, 2.75) is 6.92 Å². The Bertz CT molecular complexity index is 700. The summed E-state index contributed by atoms with van der Waals surface area (Å²) in [5.74, 6) is 2.51. The number of rotatable bonds is 3. The van der Waals surface area contributed by atoms with Crippen molar-refractivity contribution in [1.29, 1.82) is 0 Å². The minimum absolute atomic E-state index is 0.818. The van der Waals surface area contributed by atoms with E-state index in [-0.39, 0.29) is 0 Å². The number of benzene rings is 2. The third kappa shape index (κ3) is 2.78. The van der Waals surface area contributed by atoms with Crippen molar-refractivity contribution >= 4 is 15.9 Å². The van der Waals surface area contributed by atoms with E-state index in [2.05, 4.69) is 15.9 Å². The zero-order valence-electron chi connectivity index (χ0n) is 11.0. The second kappa shape index (κ2) is 5.55. The van der Waals surface area contributed by atoms with Gasteiger partial charge in [-0.25, -0.2) is 0 Å². The van der Waals surface area contributed by atoms with Crippen molar-refractivity contribution in [1.82, 2.24) is 0 Å². The second-order valence-electron chi connectivity index (χ2n) is 4.51. The molecule has 3 rings (SSSR count). The highest BCUT2D eigenvalue weighted by Crippen LogP contribution is 2.29. The van der Waals surface area contributed by atoms with Gasteiger partial charge in [-0.15, -0.1) is 0 Å². The van der Waals surface area contributed by atoms with Crippen molar-refractivity contribution < 1.29 is 9.15 Å². The average molecular weight is 329 g/mol. The summed E-state index contributed by atoms with van der Waals surface area (Å²) >= 11 is 3.41. The fourth-order valence-electron chi connectivity index (χ4n) is 2.05. The summed E-state index contributed by atoms with van der Waals surface area (Å²) in [7, 11) is 0. The summed E-state index contributed by atoms with van der Waals surface area (Å²) < 4.78 is 12.3. The molecule has 100 valence electrons. The van der Waals surface area contributed by atoms with Crippen molar-refractivity contribution in [2.24, 2.45) is 0 Å². The van der Waals surface area contributed by atoms with Crippen molar-refractivity contribution in [2.75, 3.05) is 0 Å². The molecule has 1 heterocycles. The fourth-order valence-corrected chi connectivity index (χ4v) is 2.31. The molecule has 0 spiro atoms. The number of halogens is 1. The molecule has 0 radical (unpaired) electrons. The zero-order chi connectivity index (χ0) is 13.9. The highest BCUT2D eigenvalue weighted by atomic mass is 79.9. The van der Waals surface area contributed by atoms with Gasteiger partial charge in [0.2, 0.25) is 0 Å². The molecule has 1 aromatic heterocycles. The zero-order valence-corrected chi connectivity index (χ0v) is 12.6. The monoisotopic (exact) mass is 328 g/mol. The minimum atomic E-state index is 0.818. The minimum Gasteiger partial charge on any atom is -0.464 e. The van der Waals surface area contributed by atoms with Crippen LogP contribution >= 0.6 is 15.9 Å². The number of furan rings is 1. The van der Waals surface area contributed by atoms with E-state index < -0.39 is 0 Å². The van der Waals surface area contributed by atoms with Gasteiger partial charge in [0.1, 0.15) is 17.3 Å². The molecule has 2 nitrogen and oxygen atoms in total. The van der Waals surface area contributed by atoms with Gasteiger partial charge in [-0.2, -0.15) is 0 Å². The summed E-state index contributed by atoms with van der Waals surface area (Å²) in [5.41, 5.74) is 2.20. The van der Waals surface area contributed by atoms with Crippen LogP contribution in [0.4, 0.5) is 0 Å². The quantitative estimate of drug-likeness (QED) is 0.605. The number of ether oxygens (including phenoxy) is 1. The van der Waals surface area contributed by atoms with E-state index in [1.807, 2.05) is 61.5 Å². The lowest BCUT2D eigenvalue weighted by molar-refractivity contribution is 0.482. The third-order valence-electron chi connectivity index (χ3n) is 3.03. The van der Waals surface area contributed by atoms with Gasteiger partial charge < -0.3 is 9.15 Å². The van der Waals surface area contributed by atoms with Crippen LogP contribution < -0.4 is 4.74 Å². The lowest BCUT2D eigenvalue weighted by atomic mass is 10.1. The Kier molecular flexibility index (Phi) is 3.61. The molecule has 0 N–H and O–H groups in total. The predicted molar refractivity (Wildman–Crippen MR) is 83.1 cm³/mol. The fraction of sp³-hybridized carbons (Fsp3) is 0.0588. The van der Waals surface area contributed by atoms with Crippen LogP contribution in [0.5, 0.6) is 11.5 Å². The maximum Gasteiger partial charge on any atom is 0.134 e. The first-order valence-corrected chi connectivity index (χ1v) is 7.09.